The smallest absolute Gasteiger partial charge is 0.240 e. The summed E-state index contributed by atoms with van der Waals surface area (Å²) in [6, 6.07) is 6.30. The van der Waals surface area contributed by atoms with E-state index in [1.54, 1.807) is 26.0 Å². The lowest BCUT2D eigenvalue weighted by molar-refractivity contribution is 0.0939. The summed E-state index contributed by atoms with van der Waals surface area (Å²) in [5.41, 5.74) is 0.448. The lowest BCUT2D eigenvalue weighted by atomic mass is 10.0. The molecular weight excluding hydrogens is 250 g/mol. The SMILES string of the molecule is CC(C)C(=O)c1cccc(S(=O)(=O)NC2CC2)c1. The van der Waals surface area contributed by atoms with Crippen LogP contribution in [0.4, 0.5) is 0 Å². The zero-order valence-corrected chi connectivity index (χ0v) is 11.3. The second-order valence-corrected chi connectivity index (χ2v) is 6.66. The number of ketones is 1. The Bertz CT molecular complexity index is 559. The maximum absolute atomic E-state index is 12.0. The molecule has 1 N–H and O–H groups in total. The monoisotopic (exact) mass is 267 g/mol. The Kier molecular flexibility index (Phi) is 3.54. The van der Waals surface area contributed by atoms with E-state index in [4.69, 9.17) is 0 Å². The first-order valence-electron chi connectivity index (χ1n) is 6.07. The Hall–Kier alpha value is -1.20. The fourth-order valence-electron chi connectivity index (χ4n) is 1.64. The van der Waals surface area contributed by atoms with Gasteiger partial charge in [0.15, 0.2) is 5.78 Å². The Labute approximate surface area is 107 Å². The quantitative estimate of drug-likeness (QED) is 0.830. The van der Waals surface area contributed by atoms with Crippen molar-refractivity contribution in [3.8, 4) is 0 Å². The van der Waals surface area contributed by atoms with Gasteiger partial charge in [-0.3, -0.25) is 4.79 Å². The van der Waals surface area contributed by atoms with Crippen LogP contribution in [-0.2, 0) is 10.0 Å². The van der Waals surface area contributed by atoms with Crippen LogP contribution >= 0.6 is 0 Å². The number of carbonyl (C=O) groups excluding carboxylic acids is 1. The van der Waals surface area contributed by atoms with Crippen molar-refractivity contribution >= 4 is 15.8 Å². The molecule has 0 saturated heterocycles. The Morgan fingerprint density at radius 3 is 2.56 bits per heavy atom. The molecule has 0 amide bonds. The van der Waals surface area contributed by atoms with Crippen molar-refractivity contribution in [1.82, 2.24) is 4.72 Å². The summed E-state index contributed by atoms with van der Waals surface area (Å²) in [6.45, 7) is 3.60. The minimum Gasteiger partial charge on any atom is -0.294 e. The van der Waals surface area contributed by atoms with E-state index in [9.17, 15) is 13.2 Å². The van der Waals surface area contributed by atoms with Crippen molar-refractivity contribution < 1.29 is 13.2 Å². The number of Topliss-reactive ketones (excluding diaryl/α,β-unsaturated/α-hetero) is 1. The molecule has 2 rings (SSSR count). The van der Waals surface area contributed by atoms with Crippen molar-refractivity contribution in [2.24, 2.45) is 5.92 Å². The minimum atomic E-state index is -3.48. The van der Waals surface area contributed by atoms with Gasteiger partial charge in [-0.15, -0.1) is 0 Å². The lowest BCUT2D eigenvalue weighted by Crippen LogP contribution is -2.26. The van der Waals surface area contributed by atoms with Gasteiger partial charge < -0.3 is 0 Å². The molecule has 1 fully saturated rings. The molecular formula is C13H17NO3S. The van der Waals surface area contributed by atoms with Gasteiger partial charge >= 0.3 is 0 Å². The van der Waals surface area contributed by atoms with E-state index in [-0.39, 0.29) is 22.6 Å². The van der Waals surface area contributed by atoms with Crippen molar-refractivity contribution in [2.75, 3.05) is 0 Å². The zero-order valence-electron chi connectivity index (χ0n) is 10.5. The highest BCUT2D eigenvalue weighted by Crippen LogP contribution is 2.22. The molecule has 0 atom stereocenters. The largest absolute Gasteiger partial charge is 0.294 e. The standard InChI is InChI=1S/C13H17NO3S/c1-9(2)13(15)10-4-3-5-12(8-10)18(16,17)14-11-6-7-11/h3-5,8-9,11,14H,6-7H2,1-2H3. The second-order valence-electron chi connectivity index (χ2n) is 4.94. The average molecular weight is 267 g/mol. The summed E-state index contributed by atoms with van der Waals surface area (Å²) >= 11 is 0. The molecule has 0 radical (unpaired) electrons. The normalized spacial score (nSPS) is 15.9. The summed E-state index contributed by atoms with van der Waals surface area (Å²) in [6.07, 6.45) is 1.79. The molecule has 0 heterocycles. The predicted octanol–water partition coefficient (Wildman–Crippen LogP) is 1.97. The van der Waals surface area contributed by atoms with Crippen LogP contribution in [0.5, 0.6) is 0 Å². The predicted molar refractivity (Wildman–Crippen MR) is 69.0 cm³/mol. The van der Waals surface area contributed by atoms with E-state index in [2.05, 4.69) is 4.72 Å². The van der Waals surface area contributed by atoms with Gasteiger partial charge in [-0.1, -0.05) is 26.0 Å². The number of sulfonamides is 1. The molecule has 4 nitrogen and oxygen atoms in total. The first-order valence-corrected chi connectivity index (χ1v) is 7.55. The first-order chi connectivity index (χ1) is 8.40. The van der Waals surface area contributed by atoms with Crippen molar-refractivity contribution in [3.63, 3.8) is 0 Å². The van der Waals surface area contributed by atoms with Gasteiger partial charge in [0, 0.05) is 17.5 Å². The molecule has 98 valence electrons. The van der Waals surface area contributed by atoms with Crippen LogP contribution in [0.3, 0.4) is 0 Å². The van der Waals surface area contributed by atoms with Gasteiger partial charge in [-0.25, -0.2) is 13.1 Å². The van der Waals surface area contributed by atoms with Gasteiger partial charge in [-0.2, -0.15) is 0 Å². The van der Waals surface area contributed by atoms with Crippen molar-refractivity contribution in [2.45, 2.75) is 37.6 Å². The first kappa shape index (κ1) is 13.2. The van der Waals surface area contributed by atoms with Crippen LogP contribution in [0.2, 0.25) is 0 Å². The van der Waals surface area contributed by atoms with Gasteiger partial charge in [0.05, 0.1) is 4.90 Å². The van der Waals surface area contributed by atoms with Crippen LogP contribution in [0.15, 0.2) is 29.2 Å². The second kappa shape index (κ2) is 4.82. The Morgan fingerprint density at radius 2 is 2.00 bits per heavy atom. The third kappa shape index (κ3) is 2.97. The molecule has 5 heteroatoms. The molecule has 0 spiro atoms. The average Bonchev–Trinajstić information content (AvgIpc) is 3.11. The van der Waals surface area contributed by atoms with Crippen LogP contribution in [0.1, 0.15) is 37.0 Å². The molecule has 1 saturated carbocycles. The van der Waals surface area contributed by atoms with E-state index in [1.165, 1.54) is 12.1 Å². The highest BCUT2D eigenvalue weighted by Gasteiger charge is 2.28. The zero-order chi connectivity index (χ0) is 13.3. The van der Waals surface area contributed by atoms with E-state index >= 15 is 0 Å². The van der Waals surface area contributed by atoms with Gasteiger partial charge in [-0.05, 0) is 25.0 Å². The maximum atomic E-state index is 12.0. The van der Waals surface area contributed by atoms with Gasteiger partial charge in [0.2, 0.25) is 10.0 Å². The van der Waals surface area contributed by atoms with Crippen LogP contribution in [0.25, 0.3) is 0 Å². The fourth-order valence-corrected chi connectivity index (χ4v) is 2.99. The van der Waals surface area contributed by atoms with E-state index < -0.39 is 10.0 Å². The van der Waals surface area contributed by atoms with Crippen molar-refractivity contribution in [3.05, 3.63) is 29.8 Å². The highest BCUT2D eigenvalue weighted by atomic mass is 32.2. The number of hydrogen-bond donors (Lipinski definition) is 1. The molecule has 0 bridgehead atoms. The van der Waals surface area contributed by atoms with Gasteiger partial charge in [0.25, 0.3) is 0 Å². The number of benzene rings is 1. The summed E-state index contributed by atoms with van der Waals surface area (Å²) in [7, 11) is -3.48. The van der Waals surface area contributed by atoms with Crippen LogP contribution in [-0.4, -0.2) is 20.2 Å². The van der Waals surface area contributed by atoms with Crippen molar-refractivity contribution in [1.29, 1.82) is 0 Å². The molecule has 0 aliphatic heterocycles. The van der Waals surface area contributed by atoms with Crippen LogP contribution in [0, 0.1) is 5.92 Å². The lowest BCUT2D eigenvalue weighted by Gasteiger charge is -2.08. The van der Waals surface area contributed by atoms with E-state index in [0.717, 1.165) is 12.8 Å². The molecule has 0 aromatic heterocycles. The van der Waals surface area contributed by atoms with Gasteiger partial charge in [0.1, 0.15) is 0 Å². The number of carbonyl (C=O) groups is 1. The number of nitrogens with one attached hydrogen (secondary N) is 1. The van der Waals surface area contributed by atoms with E-state index in [0.29, 0.717) is 5.56 Å². The summed E-state index contributed by atoms with van der Waals surface area (Å²) in [4.78, 5) is 12.0. The van der Waals surface area contributed by atoms with E-state index in [1.807, 2.05) is 0 Å². The molecule has 1 aliphatic rings. The number of rotatable bonds is 5. The Balaban J connectivity index is 2.28. The molecule has 0 unspecified atom stereocenters. The Morgan fingerprint density at radius 1 is 1.33 bits per heavy atom. The topological polar surface area (TPSA) is 63.2 Å². The fraction of sp³-hybridized carbons (Fsp3) is 0.462. The minimum absolute atomic E-state index is 0.0431. The molecule has 1 aromatic rings. The summed E-state index contributed by atoms with van der Waals surface area (Å²) in [5, 5.41) is 0. The molecule has 1 aromatic carbocycles. The highest BCUT2D eigenvalue weighted by molar-refractivity contribution is 7.89. The maximum Gasteiger partial charge on any atom is 0.240 e. The van der Waals surface area contributed by atoms with Crippen LogP contribution < -0.4 is 4.72 Å². The molecule has 1 aliphatic carbocycles. The molecule has 18 heavy (non-hydrogen) atoms. The summed E-state index contributed by atoms with van der Waals surface area (Å²) in [5.74, 6) is -0.183. The third-order valence-corrected chi connectivity index (χ3v) is 4.37. The number of hydrogen-bond acceptors (Lipinski definition) is 3. The summed E-state index contributed by atoms with van der Waals surface area (Å²) < 4.78 is 26.6. The third-order valence-electron chi connectivity index (χ3n) is 2.85.